The van der Waals surface area contributed by atoms with Gasteiger partial charge in [0.1, 0.15) is 0 Å². The van der Waals surface area contributed by atoms with Crippen LogP contribution in [-0.4, -0.2) is 37.9 Å². The molecule has 0 spiro atoms. The largest absolute Gasteiger partial charge is 0.469 e. The van der Waals surface area contributed by atoms with E-state index >= 15 is 0 Å². The van der Waals surface area contributed by atoms with Crippen LogP contribution in [0.15, 0.2) is 0 Å². The van der Waals surface area contributed by atoms with Crippen LogP contribution in [-0.2, 0) is 14.3 Å². The normalized spacial score (nSPS) is 24.4. The van der Waals surface area contributed by atoms with Gasteiger partial charge in [-0.1, -0.05) is 0 Å². The maximum atomic E-state index is 11.5. The van der Waals surface area contributed by atoms with E-state index in [2.05, 4.69) is 19.2 Å². The Morgan fingerprint density at radius 1 is 1.53 bits per heavy atom. The van der Waals surface area contributed by atoms with Crippen molar-refractivity contribution in [3.8, 4) is 0 Å². The smallest absolute Gasteiger partial charge is 0.312 e. The molecule has 17 heavy (non-hydrogen) atoms. The highest BCUT2D eigenvalue weighted by molar-refractivity contribution is 5.76. The lowest BCUT2D eigenvalue weighted by Crippen LogP contribution is -2.47. The van der Waals surface area contributed by atoms with Crippen molar-refractivity contribution in [1.82, 2.24) is 5.32 Å². The van der Waals surface area contributed by atoms with Crippen LogP contribution >= 0.6 is 0 Å². The maximum absolute atomic E-state index is 11.5. The summed E-state index contributed by atoms with van der Waals surface area (Å²) in [7, 11) is 1.43. The molecule has 4 heteroatoms. The molecule has 1 saturated heterocycles. The minimum Gasteiger partial charge on any atom is -0.469 e. The van der Waals surface area contributed by atoms with Crippen molar-refractivity contribution in [2.45, 2.75) is 52.2 Å². The van der Waals surface area contributed by atoms with E-state index in [1.807, 2.05) is 13.8 Å². The highest BCUT2D eigenvalue weighted by atomic mass is 16.5. The average Bonchev–Trinajstić information content (AvgIpc) is 2.24. The molecule has 1 atom stereocenters. The van der Waals surface area contributed by atoms with Crippen LogP contribution in [0.4, 0.5) is 0 Å². The van der Waals surface area contributed by atoms with Crippen LogP contribution in [0.3, 0.4) is 0 Å². The standard InChI is InChI=1S/C13H25NO3/c1-12(2,11(15)16-5)9-14-10-6-7-17-13(3,4)8-10/h10,14H,6-9H2,1-5H3. The summed E-state index contributed by atoms with van der Waals surface area (Å²) in [5, 5.41) is 3.45. The predicted molar refractivity (Wildman–Crippen MR) is 66.9 cm³/mol. The van der Waals surface area contributed by atoms with Gasteiger partial charge < -0.3 is 14.8 Å². The molecule has 0 saturated carbocycles. The lowest BCUT2D eigenvalue weighted by atomic mass is 9.90. The van der Waals surface area contributed by atoms with E-state index in [9.17, 15) is 4.79 Å². The van der Waals surface area contributed by atoms with Crippen molar-refractivity contribution in [2.24, 2.45) is 5.41 Å². The van der Waals surface area contributed by atoms with Crippen LogP contribution in [0.2, 0.25) is 0 Å². The Hall–Kier alpha value is -0.610. The molecule has 1 unspecified atom stereocenters. The number of nitrogens with one attached hydrogen (secondary N) is 1. The van der Waals surface area contributed by atoms with Crippen molar-refractivity contribution < 1.29 is 14.3 Å². The molecule has 0 aromatic carbocycles. The second-order valence-corrected chi connectivity index (χ2v) is 6.05. The molecule has 1 aliphatic rings. The summed E-state index contributed by atoms with van der Waals surface area (Å²) in [6.07, 6.45) is 1.98. The molecule has 1 rings (SSSR count). The van der Waals surface area contributed by atoms with E-state index in [1.165, 1.54) is 7.11 Å². The summed E-state index contributed by atoms with van der Waals surface area (Å²) < 4.78 is 10.5. The van der Waals surface area contributed by atoms with E-state index in [4.69, 9.17) is 9.47 Å². The Balaban J connectivity index is 2.43. The molecule has 0 radical (unpaired) electrons. The van der Waals surface area contributed by atoms with E-state index in [0.29, 0.717) is 12.6 Å². The van der Waals surface area contributed by atoms with Crippen LogP contribution < -0.4 is 5.32 Å². The molecule has 1 N–H and O–H groups in total. The lowest BCUT2D eigenvalue weighted by Gasteiger charge is -2.37. The minimum atomic E-state index is -0.475. The number of methoxy groups -OCH3 is 1. The van der Waals surface area contributed by atoms with Crippen LogP contribution in [0.5, 0.6) is 0 Å². The van der Waals surface area contributed by atoms with E-state index in [1.54, 1.807) is 0 Å². The first-order valence-corrected chi connectivity index (χ1v) is 6.23. The molecule has 1 heterocycles. The number of rotatable bonds is 4. The number of carbonyl (C=O) groups excluding carboxylic acids is 1. The molecule has 1 aliphatic heterocycles. The third-order valence-electron chi connectivity index (χ3n) is 3.27. The van der Waals surface area contributed by atoms with Gasteiger partial charge in [0.15, 0.2) is 0 Å². The quantitative estimate of drug-likeness (QED) is 0.764. The molecule has 1 fully saturated rings. The fourth-order valence-electron chi connectivity index (χ4n) is 2.15. The topological polar surface area (TPSA) is 47.6 Å². The van der Waals surface area contributed by atoms with E-state index in [-0.39, 0.29) is 11.6 Å². The zero-order chi connectivity index (χ0) is 13.1. The van der Waals surface area contributed by atoms with Gasteiger partial charge in [0.25, 0.3) is 0 Å². The zero-order valence-corrected chi connectivity index (χ0v) is 11.6. The summed E-state index contributed by atoms with van der Waals surface area (Å²) in [5.74, 6) is -0.170. The SMILES string of the molecule is COC(=O)C(C)(C)CNC1CCOC(C)(C)C1. The highest BCUT2D eigenvalue weighted by Gasteiger charge is 2.32. The molecular weight excluding hydrogens is 218 g/mol. The van der Waals surface area contributed by atoms with Crippen molar-refractivity contribution in [3.05, 3.63) is 0 Å². The average molecular weight is 243 g/mol. The van der Waals surface area contributed by atoms with Crippen LogP contribution in [0.1, 0.15) is 40.5 Å². The van der Waals surface area contributed by atoms with Gasteiger partial charge in [-0.3, -0.25) is 4.79 Å². The Kier molecular flexibility index (Phi) is 4.55. The Labute approximate surface area is 104 Å². The number of esters is 1. The van der Waals surface area contributed by atoms with E-state index in [0.717, 1.165) is 19.4 Å². The fourth-order valence-corrected chi connectivity index (χ4v) is 2.15. The number of ether oxygens (including phenoxy) is 2. The number of hydrogen-bond donors (Lipinski definition) is 1. The van der Waals surface area contributed by atoms with Gasteiger partial charge >= 0.3 is 5.97 Å². The first-order valence-electron chi connectivity index (χ1n) is 6.23. The van der Waals surface area contributed by atoms with Crippen LogP contribution in [0.25, 0.3) is 0 Å². The molecule has 100 valence electrons. The fraction of sp³-hybridized carbons (Fsp3) is 0.923. The molecule has 4 nitrogen and oxygen atoms in total. The van der Waals surface area contributed by atoms with Crippen LogP contribution in [0, 0.1) is 5.41 Å². The third kappa shape index (κ3) is 4.28. The Morgan fingerprint density at radius 3 is 2.71 bits per heavy atom. The van der Waals surface area contributed by atoms with Crippen molar-refractivity contribution in [1.29, 1.82) is 0 Å². The molecule has 0 bridgehead atoms. The summed E-state index contributed by atoms with van der Waals surface area (Å²) in [6, 6.07) is 0.419. The van der Waals surface area contributed by atoms with Gasteiger partial charge in [-0.05, 0) is 40.5 Å². The first-order chi connectivity index (χ1) is 7.77. The van der Waals surface area contributed by atoms with Gasteiger partial charge in [-0.25, -0.2) is 0 Å². The molecule has 0 aromatic rings. The summed E-state index contributed by atoms with van der Waals surface area (Å²) in [5.41, 5.74) is -0.539. The minimum absolute atomic E-state index is 0.0642. The van der Waals surface area contributed by atoms with Gasteiger partial charge in [0.2, 0.25) is 0 Å². The Morgan fingerprint density at radius 2 is 2.18 bits per heavy atom. The van der Waals surface area contributed by atoms with Gasteiger partial charge in [-0.15, -0.1) is 0 Å². The number of carbonyl (C=O) groups is 1. The second-order valence-electron chi connectivity index (χ2n) is 6.05. The third-order valence-corrected chi connectivity index (χ3v) is 3.27. The zero-order valence-electron chi connectivity index (χ0n) is 11.6. The van der Waals surface area contributed by atoms with Gasteiger partial charge in [0.05, 0.1) is 18.1 Å². The predicted octanol–water partition coefficient (Wildman–Crippen LogP) is 1.73. The van der Waals surface area contributed by atoms with Gasteiger partial charge in [0, 0.05) is 19.2 Å². The highest BCUT2D eigenvalue weighted by Crippen LogP contribution is 2.25. The first kappa shape index (κ1) is 14.5. The molecule has 0 amide bonds. The molecule has 0 aliphatic carbocycles. The monoisotopic (exact) mass is 243 g/mol. The second kappa shape index (κ2) is 5.36. The van der Waals surface area contributed by atoms with Crippen molar-refractivity contribution in [2.75, 3.05) is 20.3 Å². The summed E-state index contributed by atoms with van der Waals surface area (Å²) in [6.45, 7) is 9.43. The molecule has 0 aromatic heterocycles. The van der Waals surface area contributed by atoms with Crippen molar-refractivity contribution in [3.63, 3.8) is 0 Å². The molecular formula is C13H25NO3. The van der Waals surface area contributed by atoms with Crippen molar-refractivity contribution >= 4 is 5.97 Å². The summed E-state index contributed by atoms with van der Waals surface area (Å²) in [4.78, 5) is 11.5. The lowest BCUT2D eigenvalue weighted by molar-refractivity contribution is -0.150. The maximum Gasteiger partial charge on any atom is 0.312 e. The number of hydrogen-bond acceptors (Lipinski definition) is 4. The van der Waals surface area contributed by atoms with Gasteiger partial charge in [-0.2, -0.15) is 0 Å². The van der Waals surface area contributed by atoms with E-state index < -0.39 is 5.41 Å². The summed E-state index contributed by atoms with van der Waals surface area (Å²) >= 11 is 0. The Bertz CT molecular complexity index is 274.